The Labute approximate surface area is 142 Å². The van der Waals surface area contributed by atoms with Gasteiger partial charge in [-0.05, 0) is 70.8 Å². The molecule has 2 fully saturated rings. The minimum absolute atomic E-state index is 0.159. The van der Waals surface area contributed by atoms with Gasteiger partial charge in [-0.1, -0.05) is 0 Å². The van der Waals surface area contributed by atoms with Crippen molar-refractivity contribution in [2.45, 2.75) is 51.6 Å². The van der Waals surface area contributed by atoms with Crippen LogP contribution in [0.1, 0.15) is 47.4 Å². The van der Waals surface area contributed by atoms with Gasteiger partial charge in [0.1, 0.15) is 0 Å². The van der Waals surface area contributed by atoms with Gasteiger partial charge in [0.05, 0.1) is 22.4 Å². The van der Waals surface area contributed by atoms with E-state index in [4.69, 9.17) is 0 Å². The number of amides is 1. The van der Waals surface area contributed by atoms with Crippen molar-refractivity contribution in [3.63, 3.8) is 0 Å². The van der Waals surface area contributed by atoms with Crippen molar-refractivity contribution in [2.75, 3.05) is 13.1 Å². The van der Waals surface area contributed by atoms with Gasteiger partial charge in [-0.3, -0.25) is 4.79 Å². The van der Waals surface area contributed by atoms with E-state index in [0.717, 1.165) is 66.8 Å². The normalized spacial score (nSPS) is 18.8. The number of aryl methyl sites for hydroxylation is 2. The number of rotatable bonds is 3. The van der Waals surface area contributed by atoms with E-state index in [9.17, 15) is 4.79 Å². The lowest BCUT2D eigenvalue weighted by Crippen LogP contribution is -2.47. The Morgan fingerprint density at radius 2 is 1.62 bits per heavy atom. The zero-order valence-electron chi connectivity index (χ0n) is 14.4. The van der Waals surface area contributed by atoms with Gasteiger partial charge in [0.15, 0.2) is 0 Å². The molecule has 1 N–H and O–H groups in total. The fourth-order valence-electron chi connectivity index (χ4n) is 3.58. The third-order valence-corrected chi connectivity index (χ3v) is 5.20. The Kier molecular flexibility index (Phi) is 3.96. The van der Waals surface area contributed by atoms with Gasteiger partial charge in [0, 0.05) is 17.6 Å². The van der Waals surface area contributed by atoms with Gasteiger partial charge in [-0.2, -0.15) is 0 Å². The van der Waals surface area contributed by atoms with Gasteiger partial charge in [-0.15, -0.1) is 0 Å². The molecule has 0 atom stereocenters. The molecule has 2 heterocycles. The van der Waals surface area contributed by atoms with Gasteiger partial charge in [-0.25, -0.2) is 9.97 Å². The van der Waals surface area contributed by atoms with Crippen molar-refractivity contribution in [3.8, 4) is 0 Å². The summed E-state index contributed by atoms with van der Waals surface area (Å²) in [4.78, 5) is 24.5. The van der Waals surface area contributed by atoms with Gasteiger partial charge in [0.25, 0.3) is 5.91 Å². The highest BCUT2D eigenvalue weighted by molar-refractivity contribution is 5.97. The standard InChI is InChI=1S/C19H24N4O/c1-12-13(2)22-18-11-14(3-6-17(18)21-12)19(24)23(15-4-5-15)16-7-9-20-10-8-16/h3,6,11,15-16,20H,4-5,7-10H2,1-2H3. The van der Waals surface area contributed by atoms with E-state index in [2.05, 4.69) is 20.2 Å². The molecule has 2 aliphatic rings. The second-order valence-electron chi connectivity index (χ2n) is 7.02. The molecule has 1 aliphatic carbocycles. The smallest absolute Gasteiger partial charge is 0.254 e. The largest absolute Gasteiger partial charge is 0.333 e. The SMILES string of the molecule is Cc1nc2ccc(C(=O)N(C3CCNCC3)C3CC3)cc2nc1C. The number of nitrogens with one attached hydrogen (secondary N) is 1. The second-order valence-corrected chi connectivity index (χ2v) is 7.02. The number of fused-ring (bicyclic) bond motifs is 1. The van der Waals surface area contributed by atoms with E-state index in [-0.39, 0.29) is 5.91 Å². The Balaban J connectivity index is 1.66. The summed E-state index contributed by atoms with van der Waals surface area (Å²) in [7, 11) is 0. The maximum absolute atomic E-state index is 13.2. The molecule has 1 aromatic carbocycles. The molecule has 24 heavy (non-hydrogen) atoms. The Hall–Kier alpha value is -2.01. The molecule has 5 nitrogen and oxygen atoms in total. The number of aromatic nitrogens is 2. The monoisotopic (exact) mass is 324 g/mol. The molecule has 126 valence electrons. The first-order chi connectivity index (χ1) is 11.6. The van der Waals surface area contributed by atoms with Crippen LogP contribution in [0.25, 0.3) is 11.0 Å². The first-order valence-corrected chi connectivity index (χ1v) is 8.92. The highest BCUT2D eigenvalue weighted by atomic mass is 16.2. The Morgan fingerprint density at radius 3 is 2.29 bits per heavy atom. The van der Waals surface area contributed by atoms with Crippen LogP contribution in [-0.2, 0) is 0 Å². The zero-order chi connectivity index (χ0) is 16.7. The molecule has 1 saturated heterocycles. The summed E-state index contributed by atoms with van der Waals surface area (Å²) in [5.74, 6) is 0.159. The van der Waals surface area contributed by atoms with E-state index < -0.39 is 0 Å². The van der Waals surface area contributed by atoms with Crippen LogP contribution in [0, 0.1) is 13.8 Å². The Morgan fingerprint density at radius 1 is 1.00 bits per heavy atom. The summed E-state index contributed by atoms with van der Waals surface area (Å²) < 4.78 is 0. The zero-order valence-corrected chi connectivity index (χ0v) is 14.4. The van der Waals surface area contributed by atoms with Crippen LogP contribution < -0.4 is 5.32 Å². The van der Waals surface area contributed by atoms with Crippen LogP contribution in [0.3, 0.4) is 0 Å². The molecule has 1 aromatic heterocycles. The van der Waals surface area contributed by atoms with Crippen molar-refractivity contribution in [1.82, 2.24) is 20.2 Å². The highest BCUT2D eigenvalue weighted by Crippen LogP contribution is 2.32. The first-order valence-electron chi connectivity index (χ1n) is 8.92. The number of nitrogens with zero attached hydrogens (tertiary/aromatic N) is 3. The summed E-state index contributed by atoms with van der Waals surface area (Å²) in [5, 5.41) is 3.39. The van der Waals surface area contributed by atoms with Gasteiger partial charge in [0.2, 0.25) is 0 Å². The van der Waals surface area contributed by atoms with Crippen molar-refractivity contribution in [1.29, 1.82) is 0 Å². The molecule has 1 amide bonds. The minimum Gasteiger partial charge on any atom is -0.333 e. The Bertz CT molecular complexity index is 778. The molecule has 0 unspecified atom stereocenters. The van der Waals surface area contributed by atoms with Crippen molar-refractivity contribution < 1.29 is 4.79 Å². The maximum Gasteiger partial charge on any atom is 0.254 e. The summed E-state index contributed by atoms with van der Waals surface area (Å²) in [6.45, 7) is 5.93. The van der Waals surface area contributed by atoms with Crippen LogP contribution in [0.2, 0.25) is 0 Å². The lowest BCUT2D eigenvalue weighted by atomic mass is 10.0. The van der Waals surface area contributed by atoms with Crippen LogP contribution in [0.4, 0.5) is 0 Å². The summed E-state index contributed by atoms with van der Waals surface area (Å²) in [5.41, 5.74) is 4.27. The van der Waals surface area contributed by atoms with E-state index in [0.29, 0.717) is 12.1 Å². The molecule has 2 aromatic rings. The number of hydrogen-bond acceptors (Lipinski definition) is 4. The fourth-order valence-corrected chi connectivity index (χ4v) is 3.58. The molecular weight excluding hydrogens is 300 g/mol. The topological polar surface area (TPSA) is 58.1 Å². The van der Waals surface area contributed by atoms with E-state index in [1.165, 1.54) is 0 Å². The van der Waals surface area contributed by atoms with Crippen LogP contribution in [0.15, 0.2) is 18.2 Å². The summed E-state index contributed by atoms with van der Waals surface area (Å²) in [6, 6.07) is 6.54. The number of carbonyl (C=O) groups is 1. The molecule has 4 rings (SSSR count). The minimum atomic E-state index is 0.159. The number of benzene rings is 1. The van der Waals surface area contributed by atoms with Crippen molar-refractivity contribution in [3.05, 3.63) is 35.2 Å². The van der Waals surface area contributed by atoms with E-state index in [1.54, 1.807) is 0 Å². The van der Waals surface area contributed by atoms with Gasteiger partial charge >= 0.3 is 0 Å². The summed E-state index contributed by atoms with van der Waals surface area (Å²) >= 11 is 0. The highest BCUT2D eigenvalue weighted by Gasteiger charge is 2.38. The quantitative estimate of drug-likeness (QED) is 0.943. The average molecular weight is 324 g/mol. The second kappa shape index (κ2) is 6.13. The van der Waals surface area contributed by atoms with Crippen LogP contribution >= 0.6 is 0 Å². The lowest BCUT2D eigenvalue weighted by molar-refractivity contribution is 0.0623. The third-order valence-electron chi connectivity index (χ3n) is 5.20. The molecular formula is C19H24N4O. The van der Waals surface area contributed by atoms with E-state index >= 15 is 0 Å². The molecule has 0 radical (unpaired) electrons. The number of piperidine rings is 1. The molecule has 1 aliphatic heterocycles. The average Bonchev–Trinajstić information content (AvgIpc) is 3.41. The molecule has 5 heteroatoms. The van der Waals surface area contributed by atoms with Gasteiger partial charge < -0.3 is 10.2 Å². The fraction of sp³-hybridized carbons (Fsp3) is 0.526. The molecule has 1 saturated carbocycles. The van der Waals surface area contributed by atoms with Crippen LogP contribution in [-0.4, -0.2) is 45.9 Å². The molecule has 0 bridgehead atoms. The predicted molar refractivity (Wildman–Crippen MR) is 94.1 cm³/mol. The van der Waals surface area contributed by atoms with Crippen molar-refractivity contribution in [2.24, 2.45) is 0 Å². The predicted octanol–water partition coefficient (Wildman–Crippen LogP) is 2.60. The summed E-state index contributed by atoms with van der Waals surface area (Å²) in [6.07, 6.45) is 4.38. The van der Waals surface area contributed by atoms with Crippen molar-refractivity contribution >= 4 is 16.9 Å². The van der Waals surface area contributed by atoms with Crippen LogP contribution in [0.5, 0.6) is 0 Å². The number of hydrogen-bond donors (Lipinski definition) is 1. The maximum atomic E-state index is 13.2. The molecule has 0 spiro atoms. The third kappa shape index (κ3) is 2.88. The number of carbonyl (C=O) groups excluding carboxylic acids is 1. The first kappa shape index (κ1) is 15.5. The van der Waals surface area contributed by atoms with E-state index in [1.807, 2.05) is 32.0 Å². The lowest BCUT2D eigenvalue weighted by Gasteiger charge is -2.35.